The van der Waals surface area contributed by atoms with Crippen molar-refractivity contribution in [1.29, 1.82) is 0 Å². The highest BCUT2D eigenvalue weighted by Gasteiger charge is 2.44. The number of aliphatic hydroxyl groups excluding tert-OH is 2. The molecule has 10 rings (SSSR count). The van der Waals surface area contributed by atoms with E-state index in [0.29, 0.717) is 72.0 Å². The number of imide groups is 1. The number of rotatable bonds is 12. The van der Waals surface area contributed by atoms with Gasteiger partial charge in [0.25, 0.3) is 23.6 Å². The molecule has 7 aromatic heterocycles. The molecule has 0 radical (unpaired) electrons. The van der Waals surface area contributed by atoms with Crippen molar-refractivity contribution in [1.82, 2.24) is 61.1 Å². The molecule has 23 nitrogen and oxygen atoms in total. The summed E-state index contributed by atoms with van der Waals surface area (Å²) in [6, 6.07) is 8.09. The number of primary amides is 1. The molecular formula is C50H47N13O10S6. The number of aromatic nitrogens is 7. The van der Waals surface area contributed by atoms with Crippen molar-refractivity contribution in [2.45, 2.75) is 50.6 Å². The normalized spacial score (nSPS) is 19.1. The zero-order chi connectivity index (χ0) is 55.5. The van der Waals surface area contributed by atoms with Crippen LogP contribution < -0.4 is 27.0 Å². The summed E-state index contributed by atoms with van der Waals surface area (Å²) in [5.74, 6) is -3.93. The molecule has 0 unspecified atom stereocenters. The minimum absolute atomic E-state index is 0.00873. The zero-order valence-corrected chi connectivity index (χ0v) is 46.8. The molecule has 0 saturated carbocycles. The van der Waals surface area contributed by atoms with E-state index in [1.54, 1.807) is 84.9 Å². The van der Waals surface area contributed by atoms with Gasteiger partial charge in [-0.1, -0.05) is 37.3 Å². The molecule has 10 bridgehead atoms. The van der Waals surface area contributed by atoms with E-state index in [1.807, 2.05) is 0 Å². The van der Waals surface area contributed by atoms with Gasteiger partial charge in [-0.05, 0) is 24.6 Å². The first-order valence-electron chi connectivity index (χ1n) is 24.2. The summed E-state index contributed by atoms with van der Waals surface area (Å²) >= 11 is 6.92. The quantitative estimate of drug-likeness (QED) is 0.0694. The number of thiazole rings is 6. The number of aliphatic hydroxyl groups is 2. The number of nitrogens with two attached hydrogens (primary N) is 1. The molecule has 8 N–H and O–H groups in total. The summed E-state index contributed by atoms with van der Waals surface area (Å²) in [6.45, 7) is 4.68. The van der Waals surface area contributed by atoms with Crippen LogP contribution in [-0.2, 0) is 14.3 Å². The SMILES string of the molecule is COCCOCCNC(=O)c1csc(-c2ccc3c(n2)-c2csc(n2)-c2csc(n2)[C@@H]2[C@@H](C)[C@@H](O)CN2C(=O)NC(=O)c2csc(n2)[C@H]([C@H](O)c2ccccc2)NC(=O)c2nc(sc2C)[C@H](CC(N)=O)NC(=O)c2csc-3n2)n1. The van der Waals surface area contributed by atoms with E-state index in [-0.39, 0.29) is 58.9 Å². The van der Waals surface area contributed by atoms with Crippen LogP contribution >= 0.6 is 68.0 Å². The Morgan fingerprint density at radius 1 is 0.747 bits per heavy atom. The highest BCUT2D eigenvalue weighted by atomic mass is 32.1. The molecule has 1 fully saturated rings. The van der Waals surface area contributed by atoms with Gasteiger partial charge in [-0.2, -0.15) is 0 Å². The number of hydrogen-bond donors (Lipinski definition) is 7. The summed E-state index contributed by atoms with van der Waals surface area (Å²) in [5.41, 5.74) is 8.22. The summed E-state index contributed by atoms with van der Waals surface area (Å²) in [4.78, 5) is 117. The van der Waals surface area contributed by atoms with Gasteiger partial charge in [-0.15, -0.1) is 68.0 Å². The predicted molar refractivity (Wildman–Crippen MR) is 296 cm³/mol. The van der Waals surface area contributed by atoms with Crippen molar-refractivity contribution < 1.29 is 48.5 Å². The standard InChI is InChI=1S/C50H47N13O10S6/c1-22-33(64)16-63-38(22)49-59-32(21-78-49)46-55-28(17-75-46)36-25(9-10-26(53-36)45-57-29(18-76-45)40(67)52-11-12-73-14-13-72-3)44-56-30(19-74-44)41(68)54-27(15-34(51)65)47-61-35(23(2)79-47)43(70)60-37(39(66)24-7-5-4-6-8-24)48-58-31(20-77-48)42(69)62-50(63)71/h4-10,17-22,27,33,37-39,64,66H,11-16H2,1-3H3,(H2,51,65)(H,52,67)(H,54,68)(H,60,70)(H,62,69,71)/t22-,27-,33-,37-,38-,39+/m0/s1. The molecule has 29 heteroatoms. The van der Waals surface area contributed by atoms with E-state index in [1.165, 1.54) is 44.3 Å². The van der Waals surface area contributed by atoms with Crippen LogP contribution in [0, 0.1) is 12.8 Å². The van der Waals surface area contributed by atoms with Gasteiger partial charge in [0.1, 0.15) is 82.0 Å². The molecule has 7 amide bonds. The lowest BCUT2D eigenvalue weighted by Gasteiger charge is -2.24. The number of amides is 7. The van der Waals surface area contributed by atoms with Crippen LogP contribution in [0.25, 0.3) is 43.4 Å². The number of nitrogens with one attached hydrogen (secondary N) is 4. The van der Waals surface area contributed by atoms with E-state index in [9.17, 15) is 39.0 Å². The fraction of sp³-hybridized carbons (Fsp3) is 0.300. The van der Waals surface area contributed by atoms with Crippen LogP contribution in [0.4, 0.5) is 4.79 Å². The number of nitrogens with zero attached hydrogens (tertiary/aromatic N) is 8. The Hall–Kier alpha value is -7.19. The number of carbonyl (C=O) groups is 6. The van der Waals surface area contributed by atoms with E-state index < -0.39 is 71.8 Å². The van der Waals surface area contributed by atoms with Gasteiger partial charge in [0, 0.05) is 63.5 Å². The number of methoxy groups -OCH3 is 1. The number of fused-ring (bicyclic) bond motifs is 16. The second kappa shape index (κ2) is 24.0. The van der Waals surface area contributed by atoms with E-state index in [2.05, 4.69) is 36.2 Å². The highest BCUT2D eigenvalue weighted by molar-refractivity contribution is 7.15. The maximum Gasteiger partial charge on any atom is 0.325 e. The maximum atomic E-state index is 14.3. The van der Waals surface area contributed by atoms with Crippen LogP contribution in [0.1, 0.15) is 105 Å². The van der Waals surface area contributed by atoms with Crippen LogP contribution in [-0.4, -0.2) is 132 Å². The van der Waals surface area contributed by atoms with Gasteiger partial charge in [0.2, 0.25) is 5.91 Å². The summed E-state index contributed by atoms with van der Waals surface area (Å²) in [6.07, 6.45) is -2.73. The molecule has 0 aliphatic carbocycles. The van der Waals surface area contributed by atoms with E-state index in [0.717, 1.165) is 34.0 Å². The zero-order valence-electron chi connectivity index (χ0n) is 41.9. The Bertz CT molecular complexity index is 3580. The molecule has 6 atom stereocenters. The summed E-state index contributed by atoms with van der Waals surface area (Å²) in [5, 5.41) is 44.0. The minimum atomic E-state index is -1.39. The fourth-order valence-corrected chi connectivity index (χ4v) is 13.9. The van der Waals surface area contributed by atoms with E-state index in [4.69, 9.17) is 35.1 Å². The van der Waals surface area contributed by atoms with Crippen molar-refractivity contribution in [2.75, 3.05) is 40.0 Å². The van der Waals surface area contributed by atoms with Crippen LogP contribution in [0.5, 0.6) is 0 Å². The molecule has 79 heavy (non-hydrogen) atoms. The number of benzene rings is 1. The third kappa shape index (κ3) is 12.0. The molecular weight excluding hydrogens is 1140 g/mol. The molecule has 408 valence electrons. The first-order chi connectivity index (χ1) is 38.1. The Morgan fingerprint density at radius 3 is 2.24 bits per heavy atom. The van der Waals surface area contributed by atoms with Gasteiger partial charge in [-0.3, -0.25) is 29.3 Å². The van der Waals surface area contributed by atoms with Crippen molar-refractivity contribution in [3.8, 4) is 43.4 Å². The average Bonchev–Trinajstić information content (AvgIpc) is 4.42. The molecule has 1 aromatic carbocycles. The molecule has 0 spiro atoms. The lowest BCUT2D eigenvalue weighted by Crippen LogP contribution is -2.43. The van der Waals surface area contributed by atoms with E-state index >= 15 is 0 Å². The van der Waals surface area contributed by atoms with Crippen LogP contribution in [0.15, 0.2) is 69.4 Å². The summed E-state index contributed by atoms with van der Waals surface area (Å²) < 4.78 is 10.4. The number of pyridine rings is 1. The number of hydrogen-bond acceptors (Lipinski definition) is 23. The number of ether oxygens (including phenoxy) is 2. The molecule has 2 aliphatic heterocycles. The lowest BCUT2D eigenvalue weighted by atomic mass is 10.0. The number of urea groups is 1. The molecule has 9 heterocycles. The molecule has 8 aromatic rings. The van der Waals surface area contributed by atoms with Gasteiger partial charge in [-0.25, -0.2) is 39.7 Å². The third-order valence-corrected chi connectivity index (χ3v) is 18.2. The Labute approximate surface area is 473 Å². The predicted octanol–water partition coefficient (Wildman–Crippen LogP) is 5.96. The number of carbonyl (C=O) groups excluding carboxylic acids is 6. The van der Waals surface area contributed by atoms with Gasteiger partial charge >= 0.3 is 6.03 Å². The van der Waals surface area contributed by atoms with Crippen molar-refractivity contribution in [2.24, 2.45) is 11.7 Å². The van der Waals surface area contributed by atoms with Crippen molar-refractivity contribution in [3.63, 3.8) is 0 Å². The Morgan fingerprint density at radius 2 is 1.44 bits per heavy atom. The highest BCUT2D eigenvalue weighted by Crippen LogP contribution is 2.42. The third-order valence-electron chi connectivity index (χ3n) is 12.6. The number of aryl methyl sites for hydroxylation is 1. The first kappa shape index (κ1) is 55.1. The average molecular weight is 1180 g/mol. The maximum absolute atomic E-state index is 14.3. The fourth-order valence-electron chi connectivity index (χ4n) is 8.59. The van der Waals surface area contributed by atoms with Gasteiger partial charge in [0.05, 0.1) is 50.1 Å². The Balaban J connectivity index is 1.03. The second-order valence-corrected chi connectivity index (χ2v) is 23.5. The molecule has 2 aliphatic rings. The van der Waals surface area contributed by atoms with Crippen molar-refractivity contribution in [3.05, 3.63) is 118 Å². The Kier molecular flexibility index (Phi) is 16.8. The topological polar surface area (TPSA) is 329 Å². The van der Waals surface area contributed by atoms with Gasteiger partial charge < -0.3 is 46.3 Å². The largest absolute Gasteiger partial charge is 0.391 e. The van der Waals surface area contributed by atoms with Gasteiger partial charge in [0.15, 0.2) is 0 Å². The van der Waals surface area contributed by atoms with Crippen LogP contribution in [0.2, 0.25) is 0 Å². The first-order valence-corrected chi connectivity index (χ1v) is 29.4. The lowest BCUT2D eigenvalue weighted by molar-refractivity contribution is -0.118. The minimum Gasteiger partial charge on any atom is -0.391 e. The van der Waals surface area contributed by atoms with Crippen molar-refractivity contribution >= 4 is 104 Å². The molecule has 1 saturated heterocycles. The summed E-state index contributed by atoms with van der Waals surface area (Å²) in [7, 11) is 1.57. The monoisotopic (exact) mass is 1180 g/mol. The smallest absolute Gasteiger partial charge is 0.325 e. The second-order valence-electron chi connectivity index (χ2n) is 18.0. The van der Waals surface area contributed by atoms with Crippen LogP contribution in [0.3, 0.4) is 0 Å².